The van der Waals surface area contributed by atoms with Crippen molar-refractivity contribution in [1.29, 1.82) is 0 Å². The molecular weight excluding hydrogens is 216 g/mol. The van der Waals surface area contributed by atoms with Crippen LogP contribution in [0, 0.1) is 0 Å². The van der Waals surface area contributed by atoms with Gasteiger partial charge in [0.25, 0.3) is 0 Å². The smallest absolute Gasteiger partial charge is 0.334 e. The highest BCUT2D eigenvalue weighted by atomic mass is 16.5. The second-order valence-electron chi connectivity index (χ2n) is 3.65. The molecule has 1 saturated heterocycles. The predicted molar refractivity (Wildman–Crippen MR) is 53.9 cm³/mol. The average molecular weight is 232 g/mol. The maximum absolute atomic E-state index is 11.5. The zero-order chi connectivity index (χ0) is 12.1. The Balaban J connectivity index is 2.28. The van der Waals surface area contributed by atoms with Crippen LogP contribution in [0.4, 0.5) is 0 Å². The Hall–Kier alpha value is -1.18. The van der Waals surface area contributed by atoms with E-state index in [2.05, 4.69) is 10.6 Å². The van der Waals surface area contributed by atoms with E-state index in [-0.39, 0.29) is 24.6 Å². The first-order valence-corrected chi connectivity index (χ1v) is 4.99. The number of aliphatic carboxylic acids is 1. The number of carbonyl (C=O) groups is 2. The highest BCUT2D eigenvalue weighted by molar-refractivity contribution is 5.83. The van der Waals surface area contributed by atoms with Gasteiger partial charge in [0, 0.05) is 13.7 Å². The van der Waals surface area contributed by atoms with E-state index in [1.54, 1.807) is 7.11 Å². The van der Waals surface area contributed by atoms with E-state index in [1.165, 1.54) is 0 Å². The van der Waals surface area contributed by atoms with Gasteiger partial charge in [-0.05, 0) is 6.42 Å². The van der Waals surface area contributed by atoms with Gasteiger partial charge in [-0.25, -0.2) is 4.79 Å². The Bertz CT molecular complexity index is 271. The summed E-state index contributed by atoms with van der Waals surface area (Å²) in [5, 5.41) is 22.7. The van der Waals surface area contributed by atoms with E-state index in [9.17, 15) is 9.59 Å². The molecule has 0 aromatic carbocycles. The van der Waals surface area contributed by atoms with E-state index < -0.39 is 12.1 Å². The van der Waals surface area contributed by atoms with Crippen molar-refractivity contribution in [3.05, 3.63) is 0 Å². The van der Waals surface area contributed by atoms with Gasteiger partial charge in [-0.3, -0.25) is 4.79 Å². The fourth-order valence-electron chi connectivity index (χ4n) is 1.49. The number of methoxy groups -OCH3 is 1. The topological polar surface area (TPSA) is 108 Å². The summed E-state index contributed by atoms with van der Waals surface area (Å²) in [7, 11) is 1.57. The maximum Gasteiger partial charge on any atom is 0.334 e. The fourth-order valence-corrected chi connectivity index (χ4v) is 1.49. The van der Waals surface area contributed by atoms with Gasteiger partial charge in [-0.1, -0.05) is 0 Å². The molecule has 3 unspecified atom stereocenters. The van der Waals surface area contributed by atoms with Gasteiger partial charge in [-0.15, -0.1) is 0 Å². The fraction of sp³-hybridized carbons (Fsp3) is 0.778. The van der Waals surface area contributed by atoms with Crippen LogP contribution in [0.2, 0.25) is 0 Å². The van der Waals surface area contributed by atoms with Crippen molar-refractivity contribution in [2.45, 2.75) is 24.7 Å². The summed E-state index contributed by atoms with van der Waals surface area (Å²) in [6.07, 6.45) is -1.02. The highest BCUT2D eigenvalue weighted by Crippen LogP contribution is 2.09. The second-order valence-corrected chi connectivity index (χ2v) is 3.65. The summed E-state index contributed by atoms with van der Waals surface area (Å²) in [6.45, 7) is 0.306. The molecule has 0 bridgehead atoms. The van der Waals surface area contributed by atoms with Crippen LogP contribution in [0.3, 0.4) is 0 Å². The third-order valence-electron chi connectivity index (χ3n) is 2.50. The van der Waals surface area contributed by atoms with E-state index in [0.717, 1.165) is 0 Å². The summed E-state index contributed by atoms with van der Waals surface area (Å²) >= 11 is 0. The van der Waals surface area contributed by atoms with Crippen molar-refractivity contribution in [2.24, 2.45) is 0 Å². The molecule has 1 heterocycles. The Morgan fingerprint density at radius 1 is 1.62 bits per heavy atom. The van der Waals surface area contributed by atoms with Crippen LogP contribution in [0.1, 0.15) is 6.42 Å². The molecular formula is C9H16N2O5. The number of rotatable bonds is 5. The molecule has 1 aliphatic rings. The van der Waals surface area contributed by atoms with E-state index in [1.807, 2.05) is 0 Å². The molecule has 1 aliphatic heterocycles. The van der Waals surface area contributed by atoms with Crippen molar-refractivity contribution < 1.29 is 24.5 Å². The molecule has 0 aromatic rings. The Labute approximate surface area is 92.8 Å². The first kappa shape index (κ1) is 12.9. The van der Waals surface area contributed by atoms with Gasteiger partial charge >= 0.3 is 5.97 Å². The van der Waals surface area contributed by atoms with Crippen molar-refractivity contribution in [1.82, 2.24) is 10.6 Å². The Morgan fingerprint density at radius 2 is 2.31 bits per heavy atom. The summed E-state index contributed by atoms with van der Waals surface area (Å²) in [5.74, 6) is -1.67. The lowest BCUT2D eigenvalue weighted by atomic mass is 10.2. The molecule has 92 valence electrons. The maximum atomic E-state index is 11.5. The summed E-state index contributed by atoms with van der Waals surface area (Å²) in [5.41, 5.74) is 0. The van der Waals surface area contributed by atoms with E-state index >= 15 is 0 Å². The third kappa shape index (κ3) is 3.44. The number of ether oxygens (including phenoxy) is 1. The SMILES string of the molecule is COC1CNC(C(=O)NCC(O)C(=O)O)C1. The van der Waals surface area contributed by atoms with Crippen molar-refractivity contribution >= 4 is 11.9 Å². The summed E-state index contributed by atoms with van der Waals surface area (Å²) in [6, 6.07) is -0.383. The number of hydrogen-bond acceptors (Lipinski definition) is 5. The minimum absolute atomic E-state index is 0.000136. The number of hydrogen-bond donors (Lipinski definition) is 4. The molecule has 3 atom stereocenters. The van der Waals surface area contributed by atoms with Crippen LogP contribution in [-0.4, -0.2) is 60.5 Å². The van der Waals surface area contributed by atoms with Crippen LogP contribution in [0.5, 0.6) is 0 Å². The lowest BCUT2D eigenvalue weighted by molar-refractivity contribution is -0.146. The quantitative estimate of drug-likeness (QED) is 0.433. The third-order valence-corrected chi connectivity index (χ3v) is 2.50. The average Bonchev–Trinajstić information content (AvgIpc) is 2.73. The number of aliphatic hydroxyl groups excluding tert-OH is 1. The minimum Gasteiger partial charge on any atom is -0.479 e. The molecule has 16 heavy (non-hydrogen) atoms. The highest BCUT2D eigenvalue weighted by Gasteiger charge is 2.29. The van der Waals surface area contributed by atoms with Crippen LogP contribution < -0.4 is 10.6 Å². The standard InChI is InChI=1S/C9H16N2O5/c1-16-5-2-6(10-3-5)8(13)11-4-7(12)9(14)15/h5-7,10,12H,2-4H2,1H3,(H,11,13)(H,14,15). The van der Waals surface area contributed by atoms with Crippen molar-refractivity contribution in [3.8, 4) is 0 Å². The van der Waals surface area contributed by atoms with Crippen LogP contribution in [0.25, 0.3) is 0 Å². The zero-order valence-corrected chi connectivity index (χ0v) is 8.97. The number of carbonyl (C=O) groups excluding carboxylic acids is 1. The Kier molecular flexibility index (Phi) is 4.66. The Morgan fingerprint density at radius 3 is 2.81 bits per heavy atom. The molecule has 0 radical (unpaired) electrons. The molecule has 1 rings (SSSR count). The molecule has 1 fully saturated rings. The largest absolute Gasteiger partial charge is 0.479 e. The van der Waals surface area contributed by atoms with Gasteiger partial charge in [0.05, 0.1) is 18.7 Å². The lowest BCUT2D eigenvalue weighted by Crippen LogP contribution is -2.44. The zero-order valence-electron chi connectivity index (χ0n) is 8.97. The molecule has 7 heteroatoms. The van der Waals surface area contributed by atoms with Crippen LogP contribution >= 0.6 is 0 Å². The van der Waals surface area contributed by atoms with Crippen LogP contribution in [-0.2, 0) is 14.3 Å². The van der Waals surface area contributed by atoms with Gasteiger partial charge in [0.15, 0.2) is 6.10 Å². The number of carboxylic acids is 1. The molecule has 0 saturated carbocycles. The normalized spacial score (nSPS) is 26.4. The number of aliphatic hydroxyl groups is 1. The first-order chi connectivity index (χ1) is 7.54. The van der Waals surface area contributed by atoms with Gasteiger partial charge < -0.3 is 25.6 Å². The molecule has 0 spiro atoms. The van der Waals surface area contributed by atoms with Gasteiger partial charge in [0.2, 0.25) is 5.91 Å². The molecule has 1 amide bonds. The predicted octanol–water partition coefficient (Wildman–Crippen LogP) is -2.07. The summed E-state index contributed by atoms with van der Waals surface area (Å²) < 4.78 is 5.07. The molecule has 4 N–H and O–H groups in total. The number of nitrogens with one attached hydrogen (secondary N) is 2. The molecule has 0 aliphatic carbocycles. The molecule has 0 aromatic heterocycles. The van der Waals surface area contributed by atoms with E-state index in [4.69, 9.17) is 14.9 Å². The first-order valence-electron chi connectivity index (χ1n) is 4.99. The minimum atomic E-state index is -1.57. The second kappa shape index (κ2) is 5.78. The van der Waals surface area contributed by atoms with Crippen molar-refractivity contribution in [3.63, 3.8) is 0 Å². The number of carboxylic acid groups (broad SMARTS) is 1. The van der Waals surface area contributed by atoms with E-state index in [0.29, 0.717) is 13.0 Å². The van der Waals surface area contributed by atoms with Gasteiger partial charge in [-0.2, -0.15) is 0 Å². The summed E-state index contributed by atoms with van der Waals surface area (Å²) in [4.78, 5) is 21.8. The molecule has 7 nitrogen and oxygen atoms in total. The lowest BCUT2D eigenvalue weighted by Gasteiger charge is -2.12. The van der Waals surface area contributed by atoms with Crippen molar-refractivity contribution in [2.75, 3.05) is 20.2 Å². The monoisotopic (exact) mass is 232 g/mol. The van der Waals surface area contributed by atoms with Crippen LogP contribution in [0.15, 0.2) is 0 Å². The number of amides is 1. The van der Waals surface area contributed by atoms with Gasteiger partial charge in [0.1, 0.15) is 0 Å².